The lowest BCUT2D eigenvalue weighted by Gasteiger charge is -2.30. The van der Waals surface area contributed by atoms with Crippen LogP contribution in [0.2, 0.25) is 0 Å². The van der Waals surface area contributed by atoms with Gasteiger partial charge in [0.05, 0.1) is 24.0 Å². The van der Waals surface area contributed by atoms with Gasteiger partial charge in [0.1, 0.15) is 4.21 Å². The number of rotatable bonds is 5. The minimum atomic E-state index is -3.53. The summed E-state index contributed by atoms with van der Waals surface area (Å²) in [6, 6.07) is 10.5. The largest absolute Gasteiger partial charge is 0.326 e. The molecule has 0 radical (unpaired) electrons. The zero-order valence-electron chi connectivity index (χ0n) is 14.9. The number of carbonyl (C=O) groups excluding carboxylic acids is 1. The van der Waals surface area contributed by atoms with Gasteiger partial charge in [-0.15, -0.1) is 11.3 Å². The second-order valence-corrected chi connectivity index (χ2v) is 9.60. The van der Waals surface area contributed by atoms with Crippen molar-refractivity contribution in [2.45, 2.75) is 17.1 Å². The fourth-order valence-corrected chi connectivity index (χ4v) is 5.85. The van der Waals surface area contributed by atoms with Crippen LogP contribution in [0.15, 0.2) is 58.4 Å². The zero-order chi connectivity index (χ0) is 19.6. The van der Waals surface area contributed by atoms with Gasteiger partial charge in [-0.3, -0.25) is 4.79 Å². The molecule has 1 aliphatic heterocycles. The normalized spacial score (nSPS) is 18.1. The Morgan fingerprint density at radius 2 is 1.89 bits per heavy atom. The molecule has 4 rings (SSSR count). The number of hydrogen-bond acceptors (Lipinski definition) is 6. The molecule has 28 heavy (non-hydrogen) atoms. The van der Waals surface area contributed by atoms with Crippen LogP contribution in [0.5, 0.6) is 0 Å². The summed E-state index contributed by atoms with van der Waals surface area (Å²) in [6.07, 6.45) is 4.51. The van der Waals surface area contributed by atoms with E-state index in [9.17, 15) is 13.2 Å². The fourth-order valence-electron chi connectivity index (χ4n) is 3.18. The van der Waals surface area contributed by atoms with Gasteiger partial charge in [0, 0.05) is 18.8 Å². The standard InChI is InChI=1S/C18H19N5O3S2/c24-18(21-15-5-7-16(8-6-15)23-19-9-10-20-23)14-3-1-11-22(13-14)28(25,26)17-4-2-12-27-17/h2,4-10,12,14H,1,3,11,13H2,(H,21,24)/t14-/m0/s1. The monoisotopic (exact) mass is 417 g/mol. The van der Waals surface area contributed by atoms with Crippen LogP contribution < -0.4 is 5.32 Å². The lowest BCUT2D eigenvalue weighted by molar-refractivity contribution is -0.120. The van der Waals surface area contributed by atoms with Crippen molar-refractivity contribution >= 4 is 33.0 Å². The summed E-state index contributed by atoms with van der Waals surface area (Å²) in [4.78, 5) is 14.2. The number of benzene rings is 1. The van der Waals surface area contributed by atoms with Crippen LogP contribution in [0.3, 0.4) is 0 Å². The molecule has 1 saturated heterocycles. The van der Waals surface area contributed by atoms with Crippen LogP contribution in [-0.4, -0.2) is 46.7 Å². The van der Waals surface area contributed by atoms with Crippen LogP contribution in [-0.2, 0) is 14.8 Å². The number of thiophene rings is 1. The molecular formula is C18H19N5O3S2. The molecule has 1 fully saturated rings. The number of nitrogens with zero attached hydrogens (tertiary/aromatic N) is 4. The van der Waals surface area contributed by atoms with Crippen molar-refractivity contribution in [1.82, 2.24) is 19.3 Å². The van der Waals surface area contributed by atoms with E-state index >= 15 is 0 Å². The van der Waals surface area contributed by atoms with Crippen molar-refractivity contribution in [3.8, 4) is 5.69 Å². The van der Waals surface area contributed by atoms with Gasteiger partial charge in [-0.25, -0.2) is 8.42 Å². The molecule has 1 aliphatic rings. The first-order valence-electron chi connectivity index (χ1n) is 8.85. The highest BCUT2D eigenvalue weighted by molar-refractivity contribution is 7.91. The third kappa shape index (κ3) is 3.84. The molecule has 10 heteroatoms. The van der Waals surface area contributed by atoms with Gasteiger partial charge in [-0.2, -0.15) is 19.3 Å². The summed E-state index contributed by atoms with van der Waals surface area (Å²) in [5.41, 5.74) is 1.44. The molecule has 1 aromatic carbocycles. The van der Waals surface area contributed by atoms with Crippen molar-refractivity contribution in [2.24, 2.45) is 5.92 Å². The van der Waals surface area contributed by atoms with Crippen molar-refractivity contribution in [2.75, 3.05) is 18.4 Å². The number of aromatic nitrogens is 3. The van der Waals surface area contributed by atoms with Crippen molar-refractivity contribution < 1.29 is 13.2 Å². The summed E-state index contributed by atoms with van der Waals surface area (Å²) in [5, 5.41) is 12.7. The van der Waals surface area contributed by atoms with E-state index in [1.54, 1.807) is 42.0 Å². The minimum Gasteiger partial charge on any atom is -0.326 e. The van der Waals surface area contributed by atoms with E-state index in [4.69, 9.17) is 0 Å². The van der Waals surface area contributed by atoms with Gasteiger partial charge in [-0.1, -0.05) is 6.07 Å². The highest BCUT2D eigenvalue weighted by atomic mass is 32.2. The second-order valence-electron chi connectivity index (χ2n) is 6.49. The third-order valence-corrected chi connectivity index (χ3v) is 7.87. The predicted molar refractivity (Wildman–Crippen MR) is 106 cm³/mol. The van der Waals surface area contributed by atoms with E-state index in [2.05, 4.69) is 15.5 Å². The Kier molecular flexibility index (Phi) is 5.25. The maximum Gasteiger partial charge on any atom is 0.252 e. The average molecular weight is 418 g/mol. The van der Waals surface area contributed by atoms with E-state index in [0.717, 1.165) is 5.69 Å². The number of amides is 1. The number of sulfonamides is 1. The molecule has 0 aliphatic carbocycles. The Morgan fingerprint density at radius 3 is 2.57 bits per heavy atom. The zero-order valence-corrected chi connectivity index (χ0v) is 16.6. The SMILES string of the molecule is O=C(Nc1ccc(-n2nccn2)cc1)[C@H]1CCCN(S(=O)(=O)c2cccs2)C1. The topological polar surface area (TPSA) is 97.2 Å². The Labute approximate surface area is 166 Å². The number of carbonyl (C=O) groups is 1. The summed E-state index contributed by atoms with van der Waals surface area (Å²) >= 11 is 1.19. The summed E-state index contributed by atoms with van der Waals surface area (Å²) in [6.45, 7) is 0.636. The highest BCUT2D eigenvalue weighted by Crippen LogP contribution is 2.27. The highest BCUT2D eigenvalue weighted by Gasteiger charge is 2.33. The third-order valence-electron chi connectivity index (χ3n) is 4.63. The Hall–Kier alpha value is -2.56. The van der Waals surface area contributed by atoms with Crippen molar-refractivity contribution in [3.63, 3.8) is 0 Å². The molecule has 3 aromatic rings. The van der Waals surface area contributed by atoms with Gasteiger partial charge >= 0.3 is 0 Å². The van der Waals surface area contributed by atoms with Gasteiger partial charge < -0.3 is 5.32 Å². The Bertz CT molecular complexity index is 1030. The molecule has 8 nitrogen and oxygen atoms in total. The summed E-state index contributed by atoms with van der Waals surface area (Å²) in [5.74, 6) is -0.549. The number of anilines is 1. The van der Waals surface area contributed by atoms with Gasteiger partial charge in [0.25, 0.3) is 10.0 Å². The summed E-state index contributed by atoms with van der Waals surface area (Å²) < 4.78 is 27.2. The number of piperidine rings is 1. The first kappa shape index (κ1) is 18.8. The van der Waals surface area contributed by atoms with Crippen LogP contribution in [0.1, 0.15) is 12.8 Å². The van der Waals surface area contributed by atoms with Gasteiger partial charge in [0.2, 0.25) is 5.91 Å². The molecule has 1 atom stereocenters. The van der Waals surface area contributed by atoms with Crippen LogP contribution in [0, 0.1) is 5.92 Å². The van der Waals surface area contributed by atoms with E-state index in [1.807, 2.05) is 12.1 Å². The smallest absolute Gasteiger partial charge is 0.252 e. The predicted octanol–water partition coefficient (Wildman–Crippen LogP) is 2.37. The second kappa shape index (κ2) is 7.82. The van der Waals surface area contributed by atoms with E-state index in [1.165, 1.54) is 20.4 Å². The molecular weight excluding hydrogens is 398 g/mol. The maximum absolute atomic E-state index is 12.7. The molecule has 146 valence electrons. The molecule has 3 heterocycles. The van der Waals surface area contributed by atoms with Crippen LogP contribution in [0.25, 0.3) is 5.69 Å². The van der Waals surface area contributed by atoms with Gasteiger partial charge in [-0.05, 0) is 48.6 Å². The first-order valence-corrected chi connectivity index (χ1v) is 11.2. The molecule has 0 saturated carbocycles. The maximum atomic E-state index is 12.7. The van der Waals surface area contributed by atoms with Crippen LogP contribution >= 0.6 is 11.3 Å². The lowest BCUT2D eigenvalue weighted by atomic mass is 9.98. The molecule has 0 bridgehead atoms. The van der Waals surface area contributed by atoms with Crippen molar-refractivity contribution in [3.05, 3.63) is 54.2 Å². The molecule has 2 aromatic heterocycles. The Balaban J connectivity index is 1.42. The molecule has 1 N–H and O–H groups in total. The average Bonchev–Trinajstić information content (AvgIpc) is 3.43. The molecule has 0 unspecified atom stereocenters. The Morgan fingerprint density at radius 1 is 1.14 bits per heavy atom. The van der Waals surface area contributed by atoms with E-state index in [0.29, 0.717) is 29.3 Å². The number of nitrogens with one attached hydrogen (secondary N) is 1. The minimum absolute atomic E-state index is 0.170. The first-order chi connectivity index (χ1) is 13.5. The van der Waals surface area contributed by atoms with E-state index < -0.39 is 10.0 Å². The fraction of sp³-hybridized carbons (Fsp3) is 0.278. The van der Waals surface area contributed by atoms with Gasteiger partial charge in [0.15, 0.2) is 0 Å². The summed E-state index contributed by atoms with van der Waals surface area (Å²) in [7, 11) is -3.53. The lowest BCUT2D eigenvalue weighted by Crippen LogP contribution is -2.43. The molecule has 0 spiro atoms. The van der Waals surface area contributed by atoms with Crippen molar-refractivity contribution in [1.29, 1.82) is 0 Å². The number of hydrogen-bond donors (Lipinski definition) is 1. The quantitative estimate of drug-likeness (QED) is 0.687. The van der Waals surface area contributed by atoms with E-state index in [-0.39, 0.29) is 18.4 Å². The van der Waals surface area contributed by atoms with Crippen LogP contribution in [0.4, 0.5) is 5.69 Å². The molecule has 1 amide bonds.